The summed E-state index contributed by atoms with van der Waals surface area (Å²) in [5, 5.41) is 6.91. The van der Waals surface area contributed by atoms with Gasteiger partial charge in [-0.15, -0.1) is 24.0 Å². The number of benzene rings is 1. The topological polar surface area (TPSA) is 52.1 Å². The van der Waals surface area contributed by atoms with Crippen molar-refractivity contribution in [2.75, 3.05) is 59.0 Å². The number of piperazine rings is 1. The Bertz CT molecular complexity index is 630. The quantitative estimate of drug-likeness (QED) is 0.173. The molecule has 1 unspecified atom stereocenters. The van der Waals surface area contributed by atoms with Gasteiger partial charge in [-0.3, -0.25) is 4.99 Å². The number of hydrogen-bond acceptors (Lipinski definition) is 4. The number of ether oxygens (including phenoxy) is 1. The second-order valence-corrected chi connectivity index (χ2v) is 8.88. The first kappa shape index (κ1) is 29.0. The van der Waals surface area contributed by atoms with E-state index in [-0.39, 0.29) is 30.0 Å². The minimum Gasteiger partial charge on any atom is -0.493 e. The average molecular weight is 560 g/mol. The Morgan fingerprint density at radius 2 is 1.66 bits per heavy atom. The molecule has 1 saturated heterocycles. The molecule has 0 aromatic heterocycles. The van der Waals surface area contributed by atoms with Crippen LogP contribution < -0.4 is 15.4 Å². The van der Waals surface area contributed by atoms with E-state index in [0.29, 0.717) is 5.92 Å². The minimum atomic E-state index is 0. The van der Waals surface area contributed by atoms with Gasteiger partial charge in [0.15, 0.2) is 5.96 Å². The van der Waals surface area contributed by atoms with E-state index in [9.17, 15) is 0 Å². The first-order valence-corrected chi connectivity index (χ1v) is 12.2. The van der Waals surface area contributed by atoms with Gasteiger partial charge in [-0.1, -0.05) is 32.9 Å². The number of rotatable bonds is 12. The molecule has 32 heavy (non-hydrogen) atoms. The van der Waals surface area contributed by atoms with Crippen molar-refractivity contribution in [1.29, 1.82) is 0 Å². The van der Waals surface area contributed by atoms with Gasteiger partial charge in [-0.05, 0) is 63.4 Å². The Hall–Kier alpha value is -1.06. The predicted molar refractivity (Wildman–Crippen MR) is 148 cm³/mol. The first-order valence-electron chi connectivity index (χ1n) is 12.2. The molecule has 0 radical (unpaired) electrons. The molecule has 6 nitrogen and oxygen atoms in total. The summed E-state index contributed by atoms with van der Waals surface area (Å²) < 4.78 is 5.79. The maximum absolute atomic E-state index is 5.79. The molecule has 2 N–H and O–H groups in total. The third-order valence-electron chi connectivity index (χ3n) is 5.73. The zero-order valence-electron chi connectivity index (χ0n) is 20.9. The first-order chi connectivity index (χ1) is 15.0. The van der Waals surface area contributed by atoms with E-state index < -0.39 is 0 Å². The Kier molecular flexibility index (Phi) is 15.0. The van der Waals surface area contributed by atoms with Crippen LogP contribution in [0.1, 0.15) is 59.1 Å². The summed E-state index contributed by atoms with van der Waals surface area (Å²) in [6, 6.07) is 8.57. The highest BCUT2D eigenvalue weighted by Gasteiger charge is 2.14. The van der Waals surface area contributed by atoms with Crippen molar-refractivity contribution in [3.63, 3.8) is 0 Å². The van der Waals surface area contributed by atoms with E-state index in [4.69, 9.17) is 9.73 Å². The second-order valence-electron chi connectivity index (χ2n) is 8.88. The van der Waals surface area contributed by atoms with Gasteiger partial charge in [0.25, 0.3) is 0 Å². The molecule has 0 spiro atoms. The molecular formula is C25H46IN5O. The van der Waals surface area contributed by atoms with E-state index in [0.717, 1.165) is 37.8 Å². The van der Waals surface area contributed by atoms with Crippen LogP contribution >= 0.6 is 24.0 Å². The average Bonchev–Trinajstić information content (AvgIpc) is 2.78. The maximum atomic E-state index is 5.79. The fraction of sp³-hybridized carbons (Fsp3) is 0.720. The molecule has 0 aliphatic carbocycles. The van der Waals surface area contributed by atoms with Gasteiger partial charge in [0.2, 0.25) is 0 Å². The van der Waals surface area contributed by atoms with Crippen LogP contribution in [0.25, 0.3) is 0 Å². The summed E-state index contributed by atoms with van der Waals surface area (Å²) in [4.78, 5) is 9.92. The van der Waals surface area contributed by atoms with Crippen molar-refractivity contribution in [3.05, 3.63) is 29.8 Å². The van der Waals surface area contributed by atoms with Crippen molar-refractivity contribution in [2.45, 2.75) is 53.5 Å². The summed E-state index contributed by atoms with van der Waals surface area (Å²) in [6.07, 6.45) is 2.34. The fourth-order valence-electron chi connectivity index (χ4n) is 3.69. The Balaban J connectivity index is 0.00000512. The SMILES string of the molecule is CCNC(=NCCCCN1CCN(CC)CC1)NC(C)c1ccc(OCC(C)C)cc1.I. The van der Waals surface area contributed by atoms with Crippen LogP contribution in [-0.4, -0.2) is 74.7 Å². The summed E-state index contributed by atoms with van der Waals surface area (Å²) in [5.41, 5.74) is 1.23. The zero-order chi connectivity index (χ0) is 22.5. The molecule has 1 atom stereocenters. The molecule has 184 valence electrons. The van der Waals surface area contributed by atoms with Crippen molar-refractivity contribution >= 4 is 29.9 Å². The van der Waals surface area contributed by atoms with E-state index in [1.54, 1.807) is 0 Å². The Morgan fingerprint density at radius 3 is 2.25 bits per heavy atom. The smallest absolute Gasteiger partial charge is 0.191 e. The van der Waals surface area contributed by atoms with Crippen LogP contribution in [-0.2, 0) is 0 Å². The standard InChI is InChI=1S/C25H45N5O.HI/c1-6-26-25(27-14-8-9-15-30-18-16-29(7-2)17-19-30)28-22(5)23-10-12-24(13-11-23)31-20-21(3)4;/h10-13,21-22H,6-9,14-20H2,1-5H3,(H2,26,27,28);1H. The number of guanidine groups is 1. The molecule has 1 aromatic rings. The Morgan fingerprint density at radius 1 is 1.00 bits per heavy atom. The highest BCUT2D eigenvalue weighted by atomic mass is 127. The summed E-state index contributed by atoms with van der Waals surface area (Å²) >= 11 is 0. The number of aliphatic imine (C=N–C) groups is 1. The van der Waals surface area contributed by atoms with Crippen LogP contribution in [0.15, 0.2) is 29.3 Å². The lowest BCUT2D eigenvalue weighted by molar-refractivity contribution is 0.136. The third-order valence-corrected chi connectivity index (χ3v) is 5.73. The maximum Gasteiger partial charge on any atom is 0.191 e. The van der Waals surface area contributed by atoms with E-state index in [2.05, 4.69) is 79.3 Å². The highest BCUT2D eigenvalue weighted by molar-refractivity contribution is 14.0. The molecule has 1 aliphatic rings. The van der Waals surface area contributed by atoms with Crippen molar-refractivity contribution in [1.82, 2.24) is 20.4 Å². The number of hydrogen-bond donors (Lipinski definition) is 2. The molecule has 2 rings (SSSR count). The van der Waals surface area contributed by atoms with Gasteiger partial charge in [0.05, 0.1) is 12.6 Å². The fourth-order valence-corrected chi connectivity index (χ4v) is 3.69. The molecule has 0 amide bonds. The molecule has 0 saturated carbocycles. The van der Waals surface area contributed by atoms with Crippen LogP contribution in [0, 0.1) is 5.92 Å². The third kappa shape index (κ3) is 11.2. The summed E-state index contributed by atoms with van der Waals surface area (Å²) in [7, 11) is 0. The highest BCUT2D eigenvalue weighted by Crippen LogP contribution is 2.18. The van der Waals surface area contributed by atoms with Crippen LogP contribution in [0.2, 0.25) is 0 Å². The molecule has 1 fully saturated rings. The predicted octanol–water partition coefficient (Wildman–Crippen LogP) is 4.37. The summed E-state index contributed by atoms with van der Waals surface area (Å²) in [5.74, 6) is 2.36. The van der Waals surface area contributed by atoms with Crippen LogP contribution in [0.5, 0.6) is 5.75 Å². The van der Waals surface area contributed by atoms with Gasteiger partial charge < -0.3 is 25.2 Å². The van der Waals surface area contributed by atoms with E-state index in [1.165, 1.54) is 51.3 Å². The van der Waals surface area contributed by atoms with Gasteiger partial charge in [-0.25, -0.2) is 0 Å². The van der Waals surface area contributed by atoms with Crippen molar-refractivity contribution < 1.29 is 4.74 Å². The van der Waals surface area contributed by atoms with Gasteiger partial charge in [0, 0.05) is 39.3 Å². The van der Waals surface area contributed by atoms with E-state index >= 15 is 0 Å². The van der Waals surface area contributed by atoms with Gasteiger partial charge >= 0.3 is 0 Å². The number of halogens is 1. The van der Waals surface area contributed by atoms with Crippen LogP contribution in [0.4, 0.5) is 0 Å². The number of likely N-dealkylation sites (N-methyl/N-ethyl adjacent to an activating group) is 1. The van der Waals surface area contributed by atoms with Gasteiger partial charge in [-0.2, -0.15) is 0 Å². The number of nitrogens with zero attached hydrogens (tertiary/aromatic N) is 3. The molecule has 1 heterocycles. The molecule has 0 bridgehead atoms. The zero-order valence-corrected chi connectivity index (χ0v) is 23.2. The normalized spacial score (nSPS) is 16.5. The largest absolute Gasteiger partial charge is 0.493 e. The van der Waals surface area contributed by atoms with Gasteiger partial charge in [0.1, 0.15) is 5.75 Å². The monoisotopic (exact) mass is 559 g/mol. The molecular weight excluding hydrogens is 513 g/mol. The molecule has 7 heteroatoms. The van der Waals surface area contributed by atoms with Crippen molar-refractivity contribution in [3.8, 4) is 5.75 Å². The summed E-state index contributed by atoms with van der Waals surface area (Å²) in [6.45, 7) is 20.5. The van der Waals surface area contributed by atoms with Crippen molar-refractivity contribution in [2.24, 2.45) is 10.9 Å². The minimum absolute atomic E-state index is 0. The lowest BCUT2D eigenvalue weighted by Crippen LogP contribution is -2.46. The number of unbranched alkanes of at least 4 members (excludes halogenated alkanes) is 1. The van der Waals surface area contributed by atoms with Crippen LogP contribution in [0.3, 0.4) is 0 Å². The molecule has 1 aromatic carbocycles. The molecule has 1 aliphatic heterocycles. The Labute approximate surface area is 213 Å². The van der Waals surface area contributed by atoms with E-state index in [1.807, 2.05) is 0 Å². The lowest BCUT2D eigenvalue weighted by Gasteiger charge is -2.33. The lowest BCUT2D eigenvalue weighted by atomic mass is 10.1. The number of nitrogens with one attached hydrogen (secondary N) is 2. The second kappa shape index (κ2) is 16.5.